The van der Waals surface area contributed by atoms with Crippen LogP contribution in [0.3, 0.4) is 0 Å². The molecule has 27 heavy (non-hydrogen) atoms. The summed E-state index contributed by atoms with van der Waals surface area (Å²) in [5.41, 5.74) is 2.12. The van der Waals surface area contributed by atoms with E-state index in [4.69, 9.17) is 9.26 Å². The maximum absolute atomic E-state index is 5.95. The van der Waals surface area contributed by atoms with Gasteiger partial charge >= 0.3 is 0 Å². The largest absolute Gasteiger partial charge is 0.488 e. The third-order valence-electron chi connectivity index (χ3n) is 3.98. The topological polar surface area (TPSA) is 71.7 Å². The first kappa shape index (κ1) is 23.7. The molecule has 1 atom stereocenters. The molecule has 8 heteroatoms. The highest BCUT2D eigenvalue weighted by Gasteiger charge is 2.14. The third-order valence-corrected chi connectivity index (χ3v) is 4.64. The number of benzene rings is 1. The molecule has 0 saturated carbocycles. The average molecular weight is 551 g/mol. The van der Waals surface area contributed by atoms with E-state index in [2.05, 4.69) is 50.6 Å². The molecule has 0 spiro atoms. The van der Waals surface area contributed by atoms with Crippen LogP contribution in [0.15, 0.2) is 38.3 Å². The molecule has 0 aliphatic rings. The number of hydrogen-bond donors (Lipinski definition) is 2. The van der Waals surface area contributed by atoms with Gasteiger partial charge in [-0.25, -0.2) is 0 Å². The predicted molar refractivity (Wildman–Crippen MR) is 123 cm³/mol. The normalized spacial score (nSPS) is 12.3. The van der Waals surface area contributed by atoms with Gasteiger partial charge < -0.3 is 19.9 Å². The van der Waals surface area contributed by atoms with Crippen LogP contribution in [0, 0.1) is 0 Å². The zero-order valence-corrected chi connectivity index (χ0v) is 20.1. The second-order valence-corrected chi connectivity index (χ2v) is 6.76. The first-order chi connectivity index (χ1) is 12.6. The van der Waals surface area contributed by atoms with Crippen molar-refractivity contribution in [3.8, 4) is 5.75 Å². The molecule has 0 fully saturated rings. The second kappa shape index (κ2) is 12.2. The van der Waals surface area contributed by atoms with E-state index in [0.717, 1.165) is 46.0 Å². The fourth-order valence-electron chi connectivity index (χ4n) is 2.57. The summed E-state index contributed by atoms with van der Waals surface area (Å²) in [6.07, 6.45) is 1.66. The van der Waals surface area contributed by atoms with Crippen molar-refractivity contribution in [1.82, 2.24) is 15.8 Å². The quantitative estimate of drug-likeness (QED) is 0.291. The van der Waals surface area contributed by atoms with Gasteiger partial charge in [0.25, 0.3) is 0 Å². The number of hydrogen-bond acceptors (Lipinski definition) is 4. The molecule has 0 saturated heterocycles. The summed E-state index contributed by atoms with van der Waals surface area (Å²) in [6, 6.07) is 7.82. The first-order valence-corrected chi connectivity index (χ1v) is 9.70. The predicted octanol–water partition coefficient (Wildman–Crippen LogP) is 4.31. The minimum Gasteiger partial charge on any atom is -0.488 e. The van der Waals surface area contributed by atoms with Crippen molar-refractivity contribution in [2.45, 2.75) is 46.3 Å². The van der Waals surface area contributed by atoms with Crippen molar-refractivity contribution < 1.29 is 9.26 Å². The van der Waals surface area contributed by atoms with Crippen molar-refractivity contribution in [2.75, 3.05) is 13.6 Å². The Morgan fingerprint density at radius 3 is 2.63 bits per heavy atom. The number of nitrogens with zero attached hydrogens (tertiary/aromatic N) is 2. The van der Waals surface area contributed by atoms with E-state index >= 15 is 0 Å². The molecular weight excluding hydrogens is 523 g/mol. The molecule has 0 aliphatic heterocycles. The lowest BCUT2D eigenvalue weighted by molar-refractivity contribution is 0.222. The fourth-order valence-corrected chi connectivity index (χ4v) is 2.95. The van der Waals surface area contributed by atoms with Crippen LogP contribution in [0.4, 0.5) is 0 Å². The molecule has 0 aliphatic carbocycles. The fraction of sp³-hybridized carbons (Fsp3) is 0.474. The Balaban J connectivity index is 0.00000364. The number of ether oxygens (including phenoxy) is 1. The smallest absolute Gasteiger partial charge is 0.191 e. The van der Waals surface area contributed by atoms with Gasteiger partial charge in [-0.2, -0.15) is 0 Å². The van der Waals surface area contributed by atoms with E-state index in [9.17, 15) is 0 Å². The van der Waals surface area contributed by atoms with Crippen molar-refractivity contribution in [1.29, 1.82) is 0 Å². The van der Waals surface area contributed by atoms with Gasteiger partial charge in [-0.15, -0.1) is 24.0 Å². The van der Waals surface area contributed by atoms with E-state index in [1.165, 1.54) is 0 Å². The maximum Gasteiger partial charge on any atom is 0.191 e. The standard InChI is InChI=1S/C19H27BrN4O2.HI/c1-5-16-14(17(6-2)26-24-16)12-23-19(21-4)22-11-13(3)25-18-10-8-7-9-15(18)20;/h7-10,13H,5-6,11-12H2,1-4H3,(H2,21,22,23);1H. The van der Waals surface area contributed by atoms with Crippen LogP contribution in [-0.2, 0) is 19.4 Å². The molecule has 1 heterocycles. The Bertz CT molecular complexity index is 715. The molecule has 1 unspecified atom stereocenters. The second-order valence-electron chi connectivity index (χ2n) is 5.90. The van der Waals surface area contributed by atoms with Gasteiger partial charge in [0.1, 0.15) is 17.6 Å². The minimum atomic E-state index is -0.0137. The first-order valence-electron chi connectivity index (χ1n) is 8.90. The van der Waals surface area contributed by atoms with Gasteiger partial charge in [-0.1, -0.05) is 31.1 Å². The number of aromatic nitrogens is 1. The molecule has 1 aromatic carbocycles. The summed E-state index contributed by atoms with van der Waals surface area (Å²) in [6.45, 7) is 7.43. The van der Waals surface area contributed by atoms with Crippen LogP contribution in [0.1, 0.15) is 37.8 Å². The summed E-state index contributed by atoms with van der Waals surface area (Å²) >= 11 is 3.50. The van der Waals surface area contributed by atoms with Crippen LogP contribution in [-0.4, -0.2) is 30.8 Å². The number of rotatable bonds is 8. The maximum atomic E-state index is 5.95. The Morgan fingerprint density at radius 1 is 1.26 bits per heavy atom. The molecule has 0 amide bonds. The highest BCUT2D eigenvalue weighted by Crippen LogP contribution is 2.24. The van der Waals surface area contributed by atoms with Gasteiger partial charge in [0.15, 0.2) is 5.96 Å². The van der Waals surface area contributed by atoms with Crippen LogP contribution >= 0.6 is 39.9 Å². The van der Waals surface area contributed by atoms with E-state index in [0.29, 0.717) is 13.1 Å². The molecule has 6 nitrogen and oxygen atoms in total. The molecule has 0 radical (unpaired) electrons. The van der Waals surface area contributed by atoms with Crippen LogP contribution in [0.25, 0.3) is 0 Å². The number of aryl methyl sites for hydroxylation is 2. The highest BCUT2D eigenvalue weighted by atomic mass is 127. The van der Waals surface area contributed by atoms with Crippen LogP contribution in [0.2, 0.25) is 0 Å². The number of halogens is 2. The Hall–Kier alpha value is -1.29. The summed E-state index contributed by atoms with van der Waals surface area (Å²) in [5.74, 6) is 2.47. The molecule has 150 valence electrons. The third kappa shape index (κ3) is 6.99. The Morgan fingerprint density at radius 2 is 2.00 bits per heavy atom. The monoisotopic (exact) mass is 550 g/mol. The van der Waals surface area contributed by atoms with Crippen molar-refractivity contribution in [2.24, 2.45) is 4.99 Å². The van der Waals surface area contributed by atoms with Crippen molar-refractivity contribution in [3.63, 3.8) is 0 Å². The lowest BCUT2D eigenvalue weighted by atomic mass is 10.1. The van der Waals surface area contributed by atoms with E-state index in [1.807, 2.05) is 31.2 Å². The number of nitrogens with one attached hydrogen (secondary N) is 2. The zero-order chi connectivity index (χ0) is 18.9. The molecular formula is C19H28BrIN4O2. The highest BCUT2D eigenvalue weighted by molar-refractivity contribution is 14.0. The van der Waals surface area contributed by atoms with E-state index < -0.39 is 0 Å². The Labute approximate surface area is 186 Å². The van der Waals surface area contributed by atoms with Gasteiger partial charge in [-0.05, 0) is 41.4 Å². The van der Waals surface area contributed by atoms with Gasteiger partial charge in [0.2, 0.25) is 0 Å². The van der Waals surface area contributed by atoms with Crippen molar-refractivity contribution in [3.05, 3.63) is 45.8 Å². The van der Waals surface area contributed by atoms with Gasteiger partial charge in [0.05, 0.1) is 16.7 Å². The number of para-hydroxylation sites is 1. The number of aliphatic imine (C=N–C) groups is 1. The van der Waals surface area contributed by atoms with Crippen molar-refractivity contribution >= 4 is 45.9 Å². The molecule has 2 rings (SSSR count). The van der Waals surface area contributed by atoms with E-state index in [-0.39, 0.29) is 30.1 Å². The SMILES string of the molecule is CCc1noc(CC)c1CNC(=NC)NCC(C)Oc1ccccc1Br.I. The van der Waals surface area contributed by atoms with E-state index in [1.54, 1.807) is 7.05 Å². The summed E-state index contributed by atoms with van der Waals surface area (Å²) in [5, 5.41) is 10.8. The molecule has 2 N–H and O–H groups in total. The zero-order valence-electron chi connectivity index (χ0n) is 16.2. The lowest BCUT2D eigenvalue weighted by Gasteiger charge is -2.18. The number of guanidine groups is 1. The van der Waals surface area contributed by atoms with Crippen LogP contribution in [0.5, 0.6) is 5.75 Å². The summed E-state index contributed by atoms with van der Waals surface area (Å²) in [4.78, 5) is 4.27. The van der Waals surface area contributed by atoms with Crippen LogP contribution < -0.4 is 15.4 Å². The molecule has 0 bridgehead atoms. The molecule has 1 aromatic heterocycles. The average Bonchev–Trinajstić information content (AvgIpc) is 3.05. The summed E-state index contributed by atoms with van der Waals surface area (Å²) in [7, 11) is 1.75. The lowest BCUT2D eigenvalue weighted by Crippen LogP contribution is -2.41. The molecule has 2 aromatic rings. The van der Waals surface area contributed by atoms with Gasteiger partial charge in [0, 0.05) is 25.6 Å². The summed E-state index contributed by atoms with van der Waals surface area (Å²) < 4.78 is 12.3. The minimum absolute atomic E-state index is 0. The van der Waals surface area contributed by atoms with Gasteiger partial charge in [-0.3, -0.25) is 4.99 Å². The Kier molecular flexibility index (Phi) is 10.8.